The number of nitrogens with one attached hydrogen (secondary N) is 1. The van der Waals surface area contributed by atoms with Crippen LogP contribution < -0.4 is 5.32 Å². The molecular weight excluding hydrogens is 403 g/mol. The maximum absolute atomic E-state index is 12.8. The van der Waals surface area contributed by atoms with Crippen LogP contribution in [0.5, 0.6) is 0 Å². The van der Waals surface area contributed by atoms with Crippen LogP contribution in [-0.4, -0.2) is 34.9 Å². The van der Waals surface area contributed by atoms with Crippen LogP contribution in [0.25, 0.3) is 11.1 Å². The van der Waals surface area contributed by atoms with Crippen LogP contribution in [0.1, 0.15) is 42.1 Å². The molecule has 1 aromatic carbocycles. The fraction of sp³-hybridized carbons (Fsp3) is 0.429. The number of aryl methyl sites for hydroxylation is 1. The van der Waals surface area contributed by atoms with Crippen LogP contribution in [-0.2, 0) is 11.0 Å². The molecule has 0 bridgehead atoms. The van der Waals surface area contributed by atoms with Crippen LogP contribution in [0.4, 0.5) is 13.2 Å². The number of benzene rings is 1. The first-order chi connectivity index (χ1) is 13.2. The predicted molar refractivity (Wildman–Crippen MR) is 107 cm³/mol. The van der Waals surface area contributed by atoms with Gasteiger partial charge in [0.25, 0.3) is 0 Å². The number of halogens is 4. The Bertz CT molecular complexity index is 916. The molecule has 2 aliphatic rings. The number of nitrogens with zero attached hydrogens (tertiary/aromatic N) is 2. The van der Waals surface area contributed by atoms with E-state index in [0.29, 0.717) is 0 Å². The molecule has 156 valence electrons. The summed E-state index contributed by atoms with van der Waals surface area (Å²) in [5.41, 5.74) is 2.13. The van der Waals surface area contributed by atoms with Crippen molar-refractivity contribution in [2.75, 3.05) is 13.6 Å². The van der Waals surface area contributed by atoms with Gasteiger partial charge in [0.1, 0.15) is 5.54 Å². The molecule has 0 radical (unpaired) electrons. The number of amides is 1. The molecule has 4 nitrogen and oxygen atoms in total. The van der Waals surface area contributed by atoms with Gasteiger partial charge in [-0.05, 0) is 61.1 Å². The van der Waals surface area contributed by atoms with Crippen LogP contribution in [0.2, 0.25) is 0 Å². The number of carbonyl (C=O) groups is 1. The van der Waals surface area contributed by atoms with Crippen LogP contribution >= 0.6 is 12.4 Å². The first-order valence-corrected chi connectivity index (χ1v) is 9.37. The van der Waals surface area contributed by atoms with E-state index in [0.717, 1.165) is 60.3 Å². The largest absolute Gasteiger partial charge is 0.416 e. The summed E-state index contributed by atoms with van der Waals surface area (Å²) in [6.07, 6.45) is -0.234. The van der Waals surface area contributed by atoms with E-state index >= 15 is 0 Å². The van der Waals surface area contributed by atoms with Gasteiger partial charge in [-0.1, -0.05) is 12.1 Å². The minimum Gasteiger partial charge on any atom is -0.344 e. The molecule has 1 amide bonds. The molecule has 1 aromatic heterocycles. The van der Waals surface area contributed by atoms with Gasteiger partial charge in [-0.15, -0.1) is 12.4 Å². The summed E-state index contributed by atoms with van der Waals surface area (Å²) >= 11 is 0. The first kappa shape index (κ1) is 21.6. The minimum atomic E-state index is -4.35. The standard InChI is InChI=1S/C21H22F3N3O.ClH/c1-13-12-25-18(17-7-8-20(26-17)9-10-27(2)19(20)28)11-16(13)14-3-5-15(6-4-14)21(22,23)24;/h3-6,11-12,17,26H,7-10H2,1-2H3;1H/t17-,20+;/m1./s1. The third kappa shape index (κ3) is 3.85. The number of likely N-dealkylation sites (tertiary alicyclic amines) is 1. The van der Waals surface area contributed by atoms with E-state index < -0.39 is 17.3 Å². The lowest BCUT2D eigenvalue weighted by Gasteiger charge is -2.23. The van der Waals surface area contributed by atoms with Crippen LogP contribution in [0.3, 0.4) is 0 Å². The molecule has 0 aliphatic carbocycles. The van der Waals surface area contributed by atoms with Crippen molar-refractivity contribution < 1.29 is 18.0 Å². The quantitative estimate of drug-likeness (QED) is 0.769. The van der Waals surface area contributed by atoms with Gasteiger partial charge in [0.2, 0.25) is 5.91 Å². The summed E-state index contributed by atoms with van der Waals surface area (Å²) in [5.74, 6) is 0.130. The van der Waals surface area contributed by atoms with E-state index in [1.807, 2.05) is 20.0 Å². The number of likely N-dealkylation sites (N-methyl/N-ethyl adjacent to an activating group) is 1. The maximum atomic E-state index is 12.8. The lowest BCUT2D eigenvalue weighted by Crippen LogP contribution is -2.47. The number of rotatable bonds is 2. The molecule has 29 heavy (non-hydrogen) atoms. The monoisotopic (exact) mass is 425 g/mol. The molecule has 0 unspecified atom stereocenters. The minimum absolute atomic E-state index is 0. The van der Waals surface area contributed by atoms with Crippen molar-refractivity contribution in [3.05, 3.63) is 53.3 Å². The second-order valence-electron chi connectivity index (χ2n) is 7.79. The summed E-state index contributed by atoms with van der Waals surface area (Å²) in [6.45, 7) is 2.64. The Labute approximate surface area is 173 Å². The number of alkyl halides is 3. The van der Waals surface area contributed by atoms with E-state index in [1.54, 1.807) is 11.1 Å². The Morgan fingerprint density at radius 1 is 1.21 bits per heavy atom. The third-order valence-electron chi connectivity index (χ3n) is 5.94. The molecule has 1 N–H and O–H groups in total. The number of hydrogen-bond acceptors (Lipinski definition) is 3. The molecular formula is C21H23ClF3N3O. The van der Waals surface area contributed by atoms with E-state index in [2.05, 4.69) is 10.3 Å². The Morgan fingerprint density at radius 2 is 1.90 bits per heavy atom. The van der Waals surface area contributed by atoms with E-state index in [1.165, 1.54) is 12.1 Å². The zero-order valence-corrected chi connectivity index (χ0v) is 17.0. The number of carbonyl (C=O) groups excluding carboxylic acids is 1. The second kappa shape index (κ2) is 7.61. The highest BCUT2D eigenvalue weighted by molar-refractivity contribution is 5.88. The highest BCUT2D eigenvalue weighted by atomic mass is 35.5. The summed E-state index contributed by atoms with van der Waals surface area (Å²) in [5, 5.41) is 3.49. The van der Waals surface area contributed by atoms with Gasteiger partial charge >= 0.3 is 6.18 Å². The van der Waals surface area contributed by atoms with Gasteiger partial charge in [0.05, 0.1) is 17.3 Å². The van der Waals surface area contributed by atoms with E-state index in [9.17, 15) is 18.0 Å². The zero-order valence-electron chi connectivity index (χ0n) is 16.2. The Kier molecular flexibility index (Phi) is 5.66. The molecule has 2 aliphatic heterocycles. The normalized spacial score (nSPS) is 24.2. The van der Waals surface area contributed by atoms with Crippen molar-refractivity contribution in [3.63, 3.8) is 0 Å². The average Bonchev–Trinajstić information content (AvgIpc) is 3.22. The molecule has 2 aromatic rings. The molecule has 0 saturated carbocycles. The van der Waals surface area contributed by atoms with E-state index in [-0.39, 0.29) is 24.4 Å². The average molecular weight is 426 g/mol. The Balaban J connectivity index is 0.00000240. The highest BCUT2D eigenvalue weighted by Crippen LogP contribution is 2.39. The lowest BCUT2D eigenvalue weighted by atomic mass is 9.96. The van der Waals surface area contributed by atoms with Crippen molar-refractivity contribution in [3.8, 4) is 11.1 Å². The fourth-order valence-electron chi connectivity index (χ4n) is 4.27. The maximum Gasteiger partial charge on any atom is 0.416 e. The summed E-state index contributed by atoms with van der Waals surface area (Å²) in [4.78, 5) is 18.8. The molecule has 2 fully saturated rings. The number of aromatic nitrogens is 1. The smallest absolute Gasteiger partial charge is 0.344 e. The van der Waals surface area contributed by atoms with Crippen molar-refractivity contribution in [1.82, 2.24) is 15.2 Å². The van der Waals surface area contributed by atoms with Gasteiger partial charge in [0.15, 0.2) is 0 Å². The Hall–Kier alpha value is -2.12. The summed E-state index contributed by atoms with van der Waals surface area (Å²) < 4.78 is 38.5. The van der Waals surface area contributed by atoms with Crippen molar-refractivity contribution in [2.45, 2.75) is 43.9 Å². The van der Waals surface area contributed by atoms with Gasteiger partial charge in [0, 0.05) is 19.8 Å². The third-order valence-corrected chi connectivity index (χ3v) is 5.94. The molecule has 2 atom stereocenters. The van der Waals surface area contributed by atoms with Gasteiger partial charge < -0.3 is 4.90 Å². The van der Waals surface area contributed by atoms with Crippen molar-refractivity contribution in [2.24, 2.45) is 0 Å². The number of pyridine rings is 1. The van der Waals surface area contributed by atoms with Gasteiger partial charge in [-0.2, -0.15) is 13.2 Å². The van der Waals surface area contributed by atoms with Crippen molar-refractivity contribution in [1.29, 1.82) is 0 Å². The molecule has 1 spiro atoms. The van der Waals surface area contributed by atoms with Crippen LogP contribution in [0, 0.1) is 6.92 Å². The van der Waals surface area contributed by atoms with Gasteiger partial charge in [-0.3, -0.25) is 15.1 Å². The first-order valence-electron chi connectivity index (χ1n) is 9.37. The lowest BCUT2D eigenvalue weighted by molar-refractivity contribution is -0.137. The predicted octanol–water partition coefficient (Wildman–Crippen LogP) is 4.52. The molecule has 8 heteroatoms. The SMILES string of the molecule is Cc1cnc([C@H]2CC[C@@]3(CCN(C)C3=O)N2)cc1-c1ccc(C(F)(F)F)cc1.Cl. The molecule has 3 heterocycles. The highest BCUT2D eigenvalue weighted by Gasteiger charge is 2.50. The fourth-order valence-corrected chi connectivity index (χ4v) is 4.27. The molecule has 4 rings (SSSR count). The summed E-state index contributed by atoms with van der Waals surface area (Å²) in [7, 11) is 1.82. The Morgan fingerprint density at radius 3 is 2.48 bits per heavy atom. The molecule has 2 saturated heterocycles. The van der Waals surface area contributed by atoms with Gasteiger partial charge in [-0.25, -0.2) is 0 Å². The van der Waals surface area contributed by atoms with Crippen molar-refractivity contribution >= 4 is 18.3 Å². The number of hydrogen-bond donors (Lipinski definition) is 1. The summed E-state index contributed by atoms with van der Waals surface area (Å²) in [6, 6.07) is 7.08. The van der Waals surface area contributed by atoms with E-state index in [4.69, 9.17) is 0 Å². The zero-order chi connectivity index (χ0) is 20.1. The topological polar surface area (TPSA) is 45.2 Å². The van der Waals surface area contributed by atoms with Crippen LogP contribution in [0.15, 0.2) is 36.5 Å². The second-order valence-corrected chi connectivity index (χ2v) is 7.79.